The van der Waals surface area contributed by atoms with Gasteiger partial charge in [0.05, 0.1) is 5.54 Å². The summed E-state index contributed by atoms with van der Waals surface area (Å²) in [6.45, 7) is 12.3. The van der Waals surface area contributed by atoms with Crippen molar-refractivity contribution in [2.75, 3.05) is 4.90 Å². The van der Waals surface area contributed by atoms with E-state index in [2.05, 4.69) is 16.2 Å². The first kappa shape index (κ1) is 15.8. The van der Waals surface area contributed by atoms with E-state index in [1.165, 1.54) is 4.90 Å². The van der Waals surface area contributed by atoms with Crippen molar-refractivity contribution in [2.45, 2.75) is 26.3 Å². The number of rotatable bonds is 1. The third kappa shape index (κ3) is 2.70. The van der Waals surface area contributed by atoms with Gasteiger partial charge >= 0.3 is 6.03 Å². The number of urea groups is 1. The summed E-state index contributed by atoms with van der Waals surface area (Å²) in [5.41, 5.74) is 0.988. The molecule has 95 valence electrons. The Hall–Kier alpha value is -1.25. The van der Waals surface area contributed by atoms with E-state index in [0.717, 1.165) is 0 Å². The molecule has 6 heteroatoms. The van der Waals surface area contributed by atoms with E-state index in [4.69, 9.17) is 12.0 Å². The smallest absolute Gasteiger partial charge is 0.325 e. The van der Waals surface area contributed by atoms with Crippen molar-refractivity contribution in [1.29, 1.82) is 5.41 Å². The summed E-state index contributed by atoms with van der Waals surface area (Å²) in [6.07, 6.45) is 0. The Labute approximate surface area is 137 Å². The number of hydrogen-bond acceptors (Lipinski definition) is 2. The molecule has 0 aromatic heterocycles. The number of amidine groups is 1. The molecule has 1 saturated heterocycles. The maximum atomic E-state index is 11.9. The van der Waals surface area contributed by atoms with E-state index in [1.807, 2.05) is 0 Å². The summed E-state index contributed by atoms with van der Waals surface area (Å²) < 4.78 is 0. The molecule has 0 bridgehead atoms. The van der Waals surface area contributed by atoms with Gasteiger partial charge in [0.25, 0.3) is 0 Å². The minimum absolute atomic E-state index is 0. The van der Waals surface area contributed by atoms with E-state index in [-0.39, 0.29) is 44.6 Å². The number of nitrogens with zero attached hydrogens (tertiary/aromatic N) is 2. The van der Waals surface area contributed by atoms with Crippen molar-refractivity contribution in [3.05, 3.63) is 35.2 Å². The minimum atomic E-state index is -0.683. The summed E-state index contributed by atoms with van der Waals surface area (Å²) in [5, 5.41) is 10.7. The van der Waals surface area contributed by atoms with E-state index >= 15 is 0 Å². The quantitative estimate of drug-likeness (QED) is 0.764. The van der Waals surface area contributed by atoms with Gasteiger partial charge in [-0.3, -0.25) is 10.3 Å². The molecule has 1 aliphatic heterocycles. The number of carbonyl (C=O) groups is 1. The predicted molar refractivity (Wildman–Crippen MR) is 69.1 cm³/mol. The first-order valence-electron chi connectivity index (χ1n) is 5.48. The molecule has 5 nitrogen and oxygen atoms in total. The molecule has 19 heavy (non-hydrogen) atoms. The topological polar surface area (TPSA) is 60.6 Å². The van der Waals surface area contributed by atoms with Crippen molar-refractivity contribution in [1.82, 2.24) is 5.32 Å². The Morgan fingerprint density at radius 1 is 1.47 bits per heavy atom. The molecule has 1 heterocycles. The van der Waals surface area contributed by atoms with Crippen LogP contribution in [0, 0.1) is 25.0 Å². The van der Waals surface area contributed by atoms with Gasteiger partial charge in [-0.05, 0) is 13.8 Å². The molecule has 1 radical (unpaired) electrons. The first-order valence-corrected chi connectivity index (χ1v) is 5.48. The number of carbonyl (C=O) groups excluding carboxylic acids is 1. The number of amides is 2. The SMILES string of the molecule is [C-]#[N+]c1ccc(N2C(=N)C(C)(C)NC2=O)[c-]c1C.[Y]. The van der Waals surface area contributed by atoms with Crippen molar-refractivity contribution in [2.24, 2.45) is 0 Å². The van der Waals surface area contributed by atoms with Crippen LogP contribution >= 0.6 is 0 Å². The summed E-state index contributed by atoms with van der Waals surface area (Å²) in [5.74, 6) is 0.179. The van der Waals surface area contributed by atoms with E-state index in [1.54, 1.807) is 32.9 Å². The molecule has 0 unspecified atom stereocenters. The minimum Gasteiger partial charge on any atom is -0.325 e. The predicted octanol–water partition coefficient (Wildman–Crippen LogP) is 2.63. The average molecular weight is 330 g/mol. The first-order chi connectivity index (χ1) is 8.36. The van der Waals surface area contributed by atoms with E-state index in [9.17, 15) is 4.79 Å². The molecule has 2 rings (SSSR count). The summed E-state index contributed by atoms with van der Waals surface area (Å²) in [6, 6.07) is 5.91. The van der Waals surface area contributed by atoms with Crippen molar-refractivity contribution in [3.63, 3.8) is 0 Å². The normalized spacial score (nSPS) is 16.6. The third-order valence-corrected chi connectivity index (χ3v) is 2.90. The maximum Gasteiger partial charge on any atom is 0.326 e. The fourth-order valence-corrected chi connectivity index (χ4v) is 1.83. The van der Waals surface area contributed by atoms with Crippen LogP contribution in [0.4, 0.5) is 16.2 Å². The Kier molecular flexibility index (Phi) is 4.49. The second-order valence-corrected chi connectivity index (χ2v) is 4.70. The molecule has 0 saturated carbocycles. The van der Waals surface area contributed by atoms with Gasteiger partial charge < -0.3 is 5.32 Å². The van der Waals surface area contributed by atoms with Gasteiger partial charge in [-0.1, -0.05) is 24.2 Å². The zero-order valence-corrected chi connectivity index (χ0v) is 13.9. The van der Waals surface area contributed by atoms with E-state index in [0.29, 0.717) is 16.9 Å². The summed E-state index contributed by atoms with van der Waals surface area (Å²) >= 11 is 0. The van der Waals surface area contributed by atoms with Gasteiger partial charge in [0.1, 0.15) is 12.4 Å². The molecule has 0 atom stereocenters. The Morgan fingerprint density at radius 3 is 2.53 bits per heavy atom. The number of anilines is 1. The van der Waals surface area contributed by atoms with Gasteiger partial charge in [0.15, 0.2) is 0 Å². The fraction of sp³-hybridized carbons (Fsp3) is 0.308. The monoisotopic (exact) mass is 330 g/mol. The zero-order chi connectivity index (χ0) is 13.5. The molecule has 2 N–H and O–H groups in total. The largest absolute Gasteiger partial charge is 0.326 e. The van der Waals surface area contributed by atoms with Crippen LogP contribution in [0.15, 0.2) is 12.1 Å². The van der Waals surface area contributed by atoms with Gasteiger partial charge in [-0.25, -0.2) is 9.64 Å². The zero-order valence-electron chi connectivity index (χ0n) is 11.0. The molecular formula is C13H13N4OY-. The van der Waals surface area contributed by atoms with Crippen LogP contribution in [0.25, 0.3) is 4.85 Å². The van der Waals surface area contributed by atoms with Crippen LogP contribution in [0.1, 0.15) is 19.4 Å². The van der Waals surface area contributed by atoms with Crippen molar-refractivity contribution >= 4 is 23.2 Å². The van der Waals surface area contributed by atoms with Crippen LogP contribution in [0.3, 0.4) is 0 Å². The molecule has 1 fully saturated rings. The Balaban J connectivity index is 0.00000180. The van der Waals surface area contributed by atoms with Gasteiger partial charge in [0.2, 0.25) is 5.69 Å². The number of hydrogen-bond donors (Lipinski definition) is 2. The second-order valence-electron chi connectivity index (χ2n) is 4.70. The molecular weight excluding hydrogens is 317 g/mol. The van der Waals surface area contributed by atoms with E-state index < -0.39 is 5.54 Å². The Bertz CT molecular complexity index is 589. The van der Waals surface area contributed by atoms with Gasteiger partial charge in [-0.2, -0.15) is 0 Å². The average Bonchev–Trinajstić information content (AvgIpc) is 2.48. The molecule has 0 aliphatic carbocycles. The van der Waals surface area contributed by atoms with Crippen LogP contribution in [0.5, 0.6) is 0 Å². The fourth-order valence-electron chi connectivity index (χ4n) is 1.83. The number of benzene rings is 1. The number of nitrogens with one attached hydrogen (secondary N) is 2. The molecule has 1 aliphatic rings. The molecule has 1 aromatic carbocycles. The van der Waals surface area contributed by atoms with Gasteiger partial charge in [-0.15, -0.1) is 12.1 Å². The van der Waals surface area contributed by atoms with Crippen LogP contribution in [-0.4, -0.2) is 17.4 Å². The van der Waals surface area contributed by atoms with Gasteiger partial charge in [0, 0.05) is 32.7 Å². The van der Waals surface area contributed by atoms with Crippen molar-refractivity contribution in [3.8, 4) is 0 Å². The number of aryl methyl sites for hydroxylation is 1. The molecule has 2 amide bonds. The van der Waals surface area contributed by atoms with Crippen molar-refractivity contribution < 1.29 is 37.5 Å². The van der Waals surface area contributed by atoms with Crippen LogP contribution in [-0.2, 0) is 32.7 Å². The van der Waals surface area contributed by atoms with Crippen LogP contribution < -0.4 is 10.2 Å². The molecule has 1 aromatic rings. The third-order valence-electron chi connectivity index (χ3n) is 2.90. The second kappa shape index (κ2) is 5.40. The standard InChI is InChI=1S/C13H13N4O.Y/c1-8-7-9(5-6-10(8)15-4)17-11(14)13(2,3)16-12(17)18;/h5-6,14H,1-3H3,(H,16,18);/q-1;. The maximum absolute atomic E-state index is 11.9. The summed E-state index contributed by atoms with van der Waals surface area (Å²) in [4.78, 5) is 16.5. The summed E-state index contributed by atoms with van der Waals surface area (Å²) in [7, 11) is 0. The van der Waals surface area contributed by atoms with Crippen LogP contribution in [0.2, 0.25) is 0 Å². The Morgan fingerprint density at radius 2 is 2.11 bits per heavy atom. The molecule has 0 spiro atoms.